The van der Waals surface area contributed by atoms with Crippen LogP contribution < -0.4 is 10.6 Å². The Hall–Kier alpha value is -4.28. The Bertz CT molecular complexity index is 1700. The predicted octanol–water partition coefficient (Wildman–Crippen LogP) is 6.23. The van der Waals surface area contributed by atoms with E-state index in [1.165, 1.54) is 9.57 Å². The molecule has 6 rings (SSSR count). The highest BCUT2D eigenvalue weighted by Crippen LogP contribution is 2.54. The van der Waals surface area contributed by atoms with Crippen molar-refractivity contribution in [3.05, 3.63) is 156 Å². The molecule has 0 saturated carbocycles. The predicted molar refractivity (Wildman–Crippen MR) is 190 cm³/mol. The van der Waals surface area contributed by atoms with E-state index >= 15 is 0 Å². The molecule has 49 heavy (non-hydrogen) atoms. The van der Waals surface area contributed by atoms with Gasteiger partial charge in [0.2, 0.25) is 0 Å². The summed E-state index contributed by atoms with van der Waals surface area (Å²) in [5, 5.41) is 5.70. The van der Waals surface area contributed by atoms with Crippen LogP contribution >= 0.6 is 18.1 Å². The van der Waals surface area contributed by atoms with Crippen LogP contribution in [0.4, 0.5) is 4.79 Å². The summed E-state index contributed by atoms with van der Waals surface area (Å²) in [5.41, 5.74) is 2.72. The monoisotopic (exact) mass is 699 g/mol. The SMILES string of the molecule is CN(C)P(=O)(Cl)OCC1CN(C(c2ccccc2)(c2ccccc2)c2ccccc2)CC(N2C=CC(NC(=O)c3ccccc3)NC2=O)O1. The maximum Gasteiger partial charge on any atom is 0.362 e. The summed E-state index contributed by atoms with van der Waals surface area (Å²) in [6.45, 7) is -3.06. The Balaban J connectivity index is 1.39. The Morgan fingerprint density at radius 3 is 1.90 bits per heavy atom. The molecule has 0 radical (unpaired) electrons. The molecule has 0 aromatic heterocycles. The molecule has 2 aliphatic heterocycles. The van der Waals surface area contributed by atoms with Crippen LogP contribution in [0.25, 0.3) is 0 Å². The van der Waals surface area contributed by atoms with Crippen LogP contribution in [-0.2, 0) is 19.4 Å². The second-order valence-corrected chi connectivity index (χ2v) is 15.3. The number of nitrogens with zero attached hydrogens (tertiary/aromatic N) is 3. The molecular weight excluding hydrogens is 661 g/mol. The molecule has 4 unspecified atom stereocenters. The summed E-state index contributed by atoms with van der Waals surface area (Å²) in [6, 6.07) is 39.0. The van der Waals surface area contributed by atoms with Gasteiger partial charge in [0, 0.05) is 24.9 Å². The van der Waals surface area contributed by atoms with E-state index in [0.29, 0.717) is 18.7 Å². The van der Waals surface area contributed by atoms with Crippen molar-refractivity contribution in [1.29, 1.82) is 0 Å². The standard InChI is InChI=1S/C37H39ClN5O5P/c1-41(2)49(38,46)47-27-32-25-42(26-34(48-32)43-24-23-33(40-36(43)45)39-35(44)28-15-7-3-8-16-28)37(29-17-9-4-10-18-29,30-19-11-5-12-20-30)31-21-13-6-14-22-31/h3-24,32-34H,25-27H2,1-2H3,(H,39,44)(H,40,45). The minimum Gasteiger partial charge on any atom is -0.350 e. The van der Waals surface area contributed by atoms with E-state index in [4.69, 9.17) is 20.5 Å². The normalized spacial score (nSPS) is 21.2. The minimum atomic E-state index is -3.62. The number of carbonyl (C=O) groups is 2. The van der Waals surface area contributed by atoms with Crippen molar-refractivity contribution in [3.63, 3.8) is 0 Å². The third-order valence-electron chi connectivity index (χ3n) is 8.68. The number of rotatable bonds is 11. The van der Waals surface area contributed by atoms with Crippen LogP contribution in [0.15, 0.2) is 134 Å². The fraction of sp³-hybridized carbons (Fsp3) is 0.243. The molecule has 4 atom stereocenters. The van der Waals surface area contributed by atoms with Gasteiger partial charge in [-0.1, -0.05) is 109 Å². The van der Waals surface area contributed by atoms with Gasteiger partial charge >= 0.3 is 12.9 Å². The lowest BCUT2D eigenvalue weighted by Gasteiger charge is -2.52. The topological polar surface area (TPSA) is 103 Å². The molecule has 4 aromatic carbocycles. The second kappa shape index (κ2) is 15.1. The summed E-state index contributed by atoms with van der Waals surface area (Å²) in [6.07, 6.45) is 1.16. The zero-order chi connectivity index (χ0) is 34.4. The molecule has 0 aliphatic carbocycles. The first-order valence-corrected chi connectivity index (χ1v) is 18.5. The van der Waals surface area contributed by atoms with E-state index in [9.17, 15) is 14.2 Å². The molecule has 4 aromatic rings. The second-order valence-electron chi connectivity index (χ2n) is 12.0. The molecule has 2 aliphatic rings. The average Bonchev–Trinajstić information content (AvgIpc) is 3.13. The fourth-order valence-electron chi connectivity index (χ4n) is 6.34. The van der Waals surface area contributed by atoms with E-state index in [0.717, 1.165) is 16.7 Å². The quantitative estimate of drug-likeness (QED) is 0.142. The molecule has 12 heteroatoms. The number of nitrogens with one attached hydrogen (secondary N) is 2. The minimum absolute atomic E-state index is 0.0880. The molecule has 3 amide bonds. The summed E-state index contributed by atoms with van der Waals surface area (Å²) in [7, 11) is 3.18. The highest BCUT2D eigenvalue weighted by molar-refractivity contribution is 7.83. The number of halogens is 1. The number of hydrogen-bond donors (Lipinski definition) is 2. The molecule has 254 valence electrons. The number of carbonyl (C=O) groups excluding carboxylic acids is 2. The van der Waals surface area contributed by atoms with Gasteiger partial charge in [-0.2, -0.15) is 0 Å². The third-order valence-corrected chi connectivity index (χ3v) is 11.3. The summed E-state index contributed by atoms with van der Waals surface area (Å²) in [4.78, 5) is 30.3. The van der Waals surface area contributed by atoms with Crippen LogP contribution in [0.2, 0.25) is 0 Å². The first kappa shape index (κ1) is 34.6. The lowest BCUT2D eigenvalue weighted by atomic mass is 9.75. The van der Waals surface area contributed by atoms with E-state index < -0.39 is 36.9 Å². The molecule has 1 fully saturated rings. The van der Waals surface area contributed by atoms with Crippen LogP contribution in [0.5, 0.6) is 0 Å². The van der Waals surface area contributed by atoms with Gasteiger partial charge in [0.1, 0.15) is 6.17 Å². The first-order chi connectivity index (χ1) is 23.7. The van der Waals surface area contributed by atoms with Crippen molar-refractivity contribution >= 4 is 30.1 Å². The van der Waals surface area contributed by atoms with Crippen molar-refractivity contribution in [2.45, 2.75) is 24.0 Å². The third kappa shape index (κ3) is 7.50. The highest BCUT2D eigenvalue weighted by Gasteiger charge is 2.48. The lowest BCUT2D eigenvalue weighted by molar-refractivity contribution is -0.152. The molecular formula is C37H39ClN5O5P. The summed E-state index contributed by atoms with van der Waals surface area (Å²) < 4.78 is 26.7. The number of urea groups is 1. The molecule has 0 bridgehead atoms. The van der Waals surface area contributed by atoms with Gasteiger partial charge in [-0.25, -0.2) is 9.46 Å². The smallest absolute Gasteiger partial charge is 0.350 e. The van der Waals surface area contributed by atoms with Gasteiger partial charge in [0.15, 0.2) is 6.23 Å². The number of hydrogen-bond acceptors (Lipinski definition) is 6. The summed E-state index contributed by atoms with van der Waals surface area (Å²) in [5.74, 6) is -0.314. The van der Waals surface area contributed by atoms with Gasteiger partial charge in [0.05, 0.1) is 18.2 Å². The van der Waals surface area contributed by atoms with E-state index in [2.05, 4.69) is 51.9 Å². The fourth-order valence-corrected chi connectivity index (χ4v) is 7.09. The van der Waals surface area contributed by atoms with Crippen LogP contribution in [-0.4, -0.2) is 78.7 Å². The van der Waals surface area contributed by atoms with Crippen molar-refractivity contribution in [2.75, 3.05) is 33.8 Å². The Morgan fingerprint density at radius 1 is 0.898 bits per heavy atom. The lowest BCUT2D eigenvalue weighted by Crippen LogP contribution is -2.64. The molecule has 0 spiro atoms. The van der Waals surface area contributed by atoms with Crippen molar-refractivity contribution in [2.24, 2.45) is 0 Å². The van der Waals surface area contributed by atoms with Crippen LogP contribution in [0.3, 0.4) is 0 Å². The van der Waals surface area contributed by atoms with Gasteiger partial charge in [-0.3, -0.25) is 19.2 Å². The van der Waals surface area contributed by atoms with Gasteiger partial charge in [-0.05, 0) is 60.2 Å². The molecule has 1 saturated heterocycles. The zero-order valence-electron chi connectivity index (χ0n) is 27.3. The maximum atomic E-state index is 13.7. The number of benzene rings is 4. The van der Waals surface area contributed by atoms with E-state index in [1.807, 2.05) is 60.7 Å². The summed E-state index contributed by atoms with van der Waals surface area (Å²) >= 11 is 6.28. The van der Waals surface area contributed by atoms with Gasteiger partial charge < -0.3 is 19.9 Å². The molecule has 2 N–H and O–H groups in total. The number of ether oxygens (including phenoxy) is 1. The van der Waals surface area contributed by atoms with Crippen LogP contribution in [0.1, 0.15) is 27.0 Å². The zero-order valence-corrected chi connectivity index (χ0v) is 28.9. The average molecular weight is 700 g/mol. The van der Waals surface area contributed by atoms with Crippen molar-refractivity contribution in [3.8, 4) is 0 Å². The first-order valence-electron chi connectivity index (χ1n) is 16.0. The molecule has 10 nitrogen and oxygen atoms in total. The maximum absolute atomic E-state index is 13.7. The van der Waals surface area contributed by atoms with E-state index in [-0.39, 0.29) is 12.5 Å². The van der Waals surface area contributed by atoms with E-state index in [1.54, 1.807) is 50.6 Å². The van der Waals surface area contributed by atoms with Crippen LogP contribution in [0, 0.1) is 0 Å². The van der Waals surface area contributed by atoms with Crippen molar-refractivity contribution in [1.82, 2.24) is 25.1 Å². The number of morpholine rings is 1. The Kier molecular flexibility index (Phi) is 10.6. The number of amides is 3. The Labute approximate surface area is 291 Å². The van der Waals surface area contributed by atoms with Gasteiger partial charge in [0.25, 0.3) is 5.91 Å². The molecule has 2 heterocycles. The van der Waals surface area contributed by atoms with Gasteiger partial charge in [-0.15, -0.1) is 0 Å². The van der Waals surface area contributed by atoms with Crippen molar-refractivity contribution < 1.29 is 23.4 Å². The highest BCUT2D eigenvalue weighted by atomic mass is 35.7. The largest absolute Gasteiger partial charge is 0.362 e. The Morgan fingerprint density at radius 2 is 1.41 bits per heavy atom.